The van der Waals surface area contributed by atoms with E-state index in [1.165, 1.54) is 23.1 Å². The number of amides is 1. The first-order chi connectivity index (χ1) is 13.3. The molecule has 150 valence electrons. The zero-order valence-corrected chi connectivity index (χ0v) is 15.3. The molecule has 28 heavy (non-hydrogen) atoms. The lowest BCUT2D eigenvalue weighted by atomic mass is 9.96. The van der Waals surface area contributed by atoms with Crippen LogP contribution in [0.2, 0.25) is 0 Å². The van der Waals surface area contributed by atoms with Gasteiger partial charge in [0.05, 0.1) is 23.8 Å². The third-order valence-electron chi connectivity index (χ3n) is 4.36. The SMILES string of the molecule is CCOC(=O)C1CCN(C(=O)/C(C#N)=C\Nc2ccccc2C(F)(F)F)CC1. The summed E-state index contributed by atoms with van der Waals surface area (Å²) in [5.41, 5.74) is -1.46. The molecule has 1 aromatic carbocycles. The predicted octanol–water partition coefficient (Wildman–Crippen LogP) is 3.33. The van der Waals surface area contributed by atoms with Gasteiger partial charge in [-0.15, -0.1) is 0 Å². The number of para-hydroxylation sites is 1. The second kappa shape index (κ2) is 9.26. The van der Waals surface area contributed by atoms with Crippen LogP contribution < -0.4 is 5.32 Å². The largest absolute Gasteiger partial charge is 0.466 e. The van der Waals surface area contributed by atoms with Gasteiger partial charge in [0.15, 0.2) is 0 Å². The molecule has 0 unspecified atom stereocenters. The van der Waals surface area contributed by atoms with Crippen molar-refractivity contribution in [2.24, 2.45) is 5.92 Å². The number of likely N-dealkylation sites (tertiary alicyclic amines) is 1. The molecule has 2 rings (SSSR count). The van der Waals surface area contributed by atoms with Crippen molar-refractivity contribution >= 4 is 17.6 Å². The van der Waals surface area contributed by atoms with Crippen LogP contribution in [0.1, 0.15) is 25.3 Å². The number of nitrogens with zero attached hydrogens (tertiary/aromatic N) is 2. The Hall–Kier alpha value is -3.02. The summed E-state index contributed by atoms with van der Waals surface area (Å²) in [5, 5.41) is 11.7. The summed E-state index contributed by atoms with van der Waals surface area (Å²) in [6.07, 6.45) is -2.77. The van der Waals surface area contributed by atoms with Gasteiger partial charge in [0.2, 0.25) is 0 Å². The second-order valence-electron chi connectivity index (χ2n) is 6.18. The normalized spacial score (nSPS) is 15.7. The zero-order valence-electron chi connectivity index (χ0n) is 15.3. The highest BCUT2D eigenvalue weighted by Crippen LogP contribution is 2.34. The number of alkyl halides is 3. The van der Waals surface area contributed by atoms with Gasteiger partial charge in [0.1, 0.15) is 11.6 Å². The predicted molar refractivity (Wildman–Crippen MR) is 94.7 cm³/mol. The number of halogens is 3. The molecule has 1 heterocycles. The number of ether oxygens (including phenoxy) is 1. The van der Waals surface area contributed by atoms with Gasteiger partial charge in [-0.1, -0.05) is 12.1 Å². The third-order valence-corrected chi connectivity index (χ3v) is 4.36. The van der Waals surface area contributed by atoms with Gasteiger partial charge in [-0.25, -0.2) is 0 Å². The average Bonchev–Trinajstić information content (AvgIpc) is 2.68. The molecule has 6 nitrogen and oxygen atoms in total. The molecule has 0 aromatic heterocycles. The van der Waals surface area contributed by atoms with Crippen LogP contribution in [-0.4, -0.2) is 36.5 Å². The monoisotopic (exact) mass is 395 g/mol. The fraction of sp³-hybridized carbons (Fsp3) is 0.421. The summed E-state index contributed by atoms with van der Waals surface area (Å²) >= 11 is 0. The minimum Gasteiger partial charge on any atom is -0.466 e. The smallest absolute Gasteiger partial charge is 0.418 e. The number of esters is 1. The van der Waals surface area contributed by atoms with Crippen LogP contribution in [0.25, 0.3) is 0 Å². The van der Waals surface area contributed by atoms with Gasteiger partial charge in [0, 0.05) is 19.3 Å². The molecular weight excluding hydrogens is 375 g/mol. The lowest BCUT2D eigenvalue weighted by Gasteiger charge is -2.30. The summed E-state index contributed by atoms with van der Waals surface area (Å²) in [4.78, 5) is 25.6. The summed E-state index contributed by atoms with van der Waals surface area (Å²) < 4.78 is 44.0. The van der Waals surface area contributed by atoms with Crippen molar-refractivity contribution in [1.29, 1.82) is 5.26 Å². The van der Waals surface area contributed by atoms with E-state index in [9.17, 15) is 28.0 Å². The molecule has 1 aliphatic heterocycles. The molecule has 1 fully saturated rings. The van der Waals surface area contributed by atoms with E-state index >= 15 is 0 Å². The van der Waals surface area contributed by atoms with Crippen molar-refractivity contribution in [3.05, 3.63) is 41.6 Å². The summed E-state index contributed by atoms with van der Waals surface area (Å²) in [5.74, 6) is -1.20. The maximum absolute atomic E-state index is 13.0. The number of anilines is 1. The second-order valence-corrected chi connectivity index (χ2v) is 6.18. The molecular formula is C19H20F3N3O3. The number of hydrogen-bond acceptors (Lipinski definition) is 5. The Labute approximate surface area is 160 Å². The molecule has 9 heteroatoms. The number of nitriles is 1. The lowest BCUT2D eigenvalue weighted by molar-refractivity contribution is -0.150. The van der Waals surface area contributed by atoms with E-state index in [-0.39, 0.29) is 42.8 Å². The minimum atomic E-state index is -4.57. The van der Waals surface area contributed by atoms with Crippen LogP contribution in [0.5, 0.6) is 0 Å². The summed E-state index contributed by atoms with van der Waals surface area (Å²) in [6.45, 7) is 2.52. The highest BCUT2D eigenvalue weighted by atomic mass is 19.4. The van der Waals surface area contributed by atoms with E-state index in [0.29, 0.717) is 12.8 Å². The number of piperidine rings is 1. The van der Waals surface area contributed by atoms with Crippen LogP contribution in [0.3, 0.4) is 0 Å². The number of rotatable bonds is 5. The van der Waals surface area contributed by atoms with Gasteiger partial charge >= 0.3 is 12.1 Å². The molecule has 1 saturated heterocycles. The fourth-order valence-corrected chi connectivity index (χ4v) is 2.90. The van der Waals surface area contributed by atoms with Gasteiger partial charge in [-0.05, 0) is 31.9 Å². The Bertz CT molecular complexity index is 792. The van der Waals surface area contributed by atoms with Gasteiger partial charge in [-0.3, -0.25) is 9.59 Å². The number of hydrogen-bond donors (Lipinski definition) is 1. The van der Waals surface area contributed by atoms with Crippen LogP contribution >= 0.6 is 0 Å². The lowest BCUT2D eigenvalue weighted by Crippen LogP contribution is -2.41. The molecule has 0 bridgehead atoms. The highest BCUT2D eigenvalue weighted by Gasteiger charge is 2.33. The van der Waals surface area contributed by atoms with Crippen LogP contribution in [0.15, 0.2) is 36.0 Å². The molecule has 0 radical (unpaired) electrons. The first-order valence-corrected chi connectivity index (χ1v) is 8.76. The Kier molecular flexibility index (Phi) is 7.04. The van der Waals surface area contributed by atoms with Crippen molar-refractivity contribution in [2.45, 2.75) is 25.9 Å². The van der Waals surface area contributed by atoms with Crippen LogP contribution in [-0.2, 0) is 20.5 Å². The van der Waals surface area contributed by atoms with E-state index in [0.717, 1.165) is 12.3 Å². The molecule has 0 spiro atoms. The van der Waals surface area contributed by atoms with Crippen molar-refractivity contribution < 1.29 is 27.5 Å². The molecule has 1 N–H and O–H groups in total. The maximum atomic E-state index is 13.0. The average molecular weight is 395 g/mol. The number of nitrogens with one attached hydrogen (secondary N) is 1. The van der Waals surface area contributed by atoms with Crippen molar-refractivity contribution in [3.8, 4) is 6.07 Å². The Balaban J connectivity index is 2.05. The maximum Gasteiger partial charge on any atom is 0.418 e. The van der Waals surface area contributed by atoms with E-state index in [2.05, 4.69) is 5.32 Å². The highest BCUT2D eigenvalue weighted by molar-refractivity contribution is 5.97. The van der Waals surface area contributed by atoms with Gasteiger partial charge in [0.25, 0.3) is 5.91 Å². The Morgan fingerprint density at radius 1 is 1.32 bits per heavy atom. The van der Waals surface area contributed by atoms with E-state index < -0.39 is 17.6 Å². The molecule has 1 amide bonds. The van der Waals surface area contributed by atoms with E-state index in [1.54, 1.807) is 13.0 Å². The number of carbonyl (C=O) groups excluding carboxylic acids is 2. The van der Waals surface area contributed by atoms with Crippen LogP contribution in [0.4, 0.5) is 18.9 Å². The summed E-state index contributed by atoms with van der Waals surface area (Å²) in [7, 11) is 0. The van der Waals surface area contributed by atoms with E-state index in [4.69, 9.17) is 4.74 Å². The summed E-state index contributed by atoms with van der Waals surface area (Å²) in [6, 6.07) is 6.50. The molecule has 1 aromatic rings. The van der Waals surface area contributed by atoms with Gasteiger partial charge in [-0.2, -0.15) is 18.4 Å². The topological polar surface area (TPSA) is 82.4 Å². The molecule has 0 aliphatic carbocycles. The van der Waals surface area contributed by atoms with Crippen molar-refractivity contribution in [3.63, 3.8) is 0 Å². The molecule has 1 aliphatic rings. The first kappa shape index (κ1) is 21.3. The molecule has 0 saturated carbocycles. The third kappa shape index (κ3) is 5.25. The van der Waals surface area contributed by atoms with Crippen LogP contribution in [0, 0.1) is 17.2 Å². The van der Waals surface area contributed by atoms with Crippen molar-refractivity contribution in [2.75, 3.05) is 25.0 Å². The minimum absolute atomic E-state index is 0.253. The first-order valence-electron chi connectivity index (χ1n) is 8.76. The molecule has 0 atom stereocenters. The quantitative estimate of drug-likeness (QED) is 0.470. The number of benzene rings is 1. The van der Waals surface area contributed by atoms with Gasteiger partial charge < -0.3 is 15.0 Å². The Morgan fingerprint density at radius 3 is 2.54 bits per heavy atom. The zero-order chi connectivity index (χ0) is 20.7. The van der Waals surface area contributed by atoms with Crippen molar-refractivity contribution in [1.82, 2.24) is 4.90 Å². The number of carbonyl (C=O) groups is 2. The standard InChI is InChI=1S/C19H20F3N3O3/c1-2-28-18(27)13-7-9-25(10-8-13)17(26)14(11-23)12-24-16-6-4-3-5-15(16)19(20,21)22/h3-6,12-13,24H,2,7-10H2,1H3/b14-12-. The van der Waals surface area contributed by atoms with E-state index in [1.807, 2.05) is 0 Å². The fourth-order valence-electron chi connectivity index (χ4n) is 2.90. The Morgan fingerprint density at radius 2 is 1.96 bits per heavy atom.